The van der Waals surface area contributed by atoms with Gasteiger partial charge in [-0.2, -0.15) is 0 Å². The summed E-state index contributed by atoms with van der Waals surface area (Å²) in [6, 6.07) is 21.5. The number of aryl methyl sites for hydroxylation is 1. The summed E-state index contributed by atoms with van der Waals surface area (Å²) in [6.07, 6.45) is 0.964. The van der Waals surface area contributed by atoms with Crippen molar-refractivity contribution in [2.75, 3.05) is 0 Å². The molecule has 3 aromatic carbocycles. The standard InChI is InChI=1S/C25H22ClNO3/c1-16-6-2-3-7-19(16)17-10-12-18(13-11-17)24(28)27-22(14-15-23(27)25(29)30)20-8-4-5-9-21(20)26/h2-13,22-23H,14-15H2,1H3,(H,29,30). The number of hydrogen-bond donors (Lipinski definition) is 1. The minimum atomic E-state index is -0.991. The van der Waals surface area contributed by atoms with E-state index in [0.717, 1.165) is 22.3 Å². The molecule has 0 aliphatic carbocycles. The summed E-state index contributed by atoms with van der Waals surface area (Å²) in [5, 5.41) is 10.3. The van der Waals surface area contributed by atoms with Crippen molar-refractivity contribution in [1.82, 2.24) is 4.90 Å². The van der Waals surface area contributed by atoms with E-state index in [2.05, 4.69) is 0 Å². The molecule has 152 valence electrons. The number of rotatable bonds is 4. The van der Waals surface area contributed by atoms with Crippen molar-refractivity contribution in [2.24, 2.45) is 0 Å². The van der Waals surface area contributed by atoms with Gasteiger partial charge in [0.1, 0.15) is 6.04 Å². The fourth-order valence-corrected chi connectivity index (χ4v) is 4.49. The van der Waals surface area contributed by atoms with Crippen molar-refractivity contribution in [1.29, 1.82) is 0 Å². The molecule has 4 rings (SSSR count). The van der Waals surface area contributed by atoms with Gasteiger partial charge in [0.25, 0.3) is 5.91 Å². The first-order chi connectivity index (χ1) is 14.5. The molecule has 1 aliphatic rings. The van der Waals surface area contributed by atoms with E-state index in [9.17, 15) is 14.7 Å². The second kappa shape index (κ2) is 8.33. The molecule has 1 amide bonds. The molecule has 1 aliphatic heterocycles. The lowest BCUT2D eigenvalue weighted by molar-refractivity contribution is -0.141. The summed E-state index contributed by atoms with van der Waals surface area (Å²) in [5.41, 5.74) is 4.53. The highest BCUT2D eigenvalue weighted by Gasteiger charge is 2.42. The van der Waals surface area contributed by atoms with Gasteiger partial charge in [-0.25, -0.2) is 4.79 Å². The van der Waals surface area contributed by atoms with Crippen molar-refractivity contribution >= 4 is 23.5 Å². The van der Waals surface area contributed by atoms with Gasteiger partial charge in [-0.1, -0.05) is 66.2 Å². The van der Waals surface area contributed by atoms with E-state index >= 15 is 0 Å². The molecule has 2 unspecified atom stereocenters. The van der Waals surface area contributed by atoms with Crippen LogP contribution in [0.5, 0.6) is 0 Å². The lowest BCUT2D eigenvalue weighted by Gasteiger charge is -2.29. The molecule has 5 heteroatoms. The molecule has 30 heavy (non-hydrogen) atoms. The van der Waals surface area contributed by atoms with Gasteiger partial charge in [-0.15, -0.1) is 0 Å². The summed E-state index contributed by atoms with van der Waals surface area (Å²) in [4.78, 5) is 26.7. The van der Waals surface area contributed by atoms with E-state index in [0.29, 0.717) is 23.4 Å². The van der Waals surface area contributed by atoms with E-state index in [1.165, 1.54) is 4.90 Å². The third-order valence-corrected chi connectivity index (χ3v) is 6.10. The number of halogens is 1. The van der Waals surface area contributed by atoms with Gasteiger partial charge in [0.2, 0.25) is 0 Å². The van der Waals surface area contributed by atoms with Gasteiger partial charge in [-0.05, 0) is 60.2 Å². The summed E-state index contributed by atoms with van der Waals surface area (Å²) in [6.45, 7) is 2.05. The molecule has 2 atom stereocenters. The lowest BCUT2D eigenvalue weighted by atomic mass is 9.99. The maximum Gasteiger partial charge on any atom is 0.326 e. The third kappa shape index (κ3) is 3.71. The van der Waals surface area contributed by atoms with Crippen LogP contribution >= 0.6 is 11.6 Å². The molecular formula is C25H22ClNO3. The van der Waals surface area contributed by atoms with Crippen molar-refractivity contribution in [3.8, 4) is 11.1 Å². The second-order valence-corrected chi connectivity index (χ2v) is 7.98. The Kier molecular flexibility index (Phi) is 5.60. The van der Waals surface area contributed by atoms with Gasteiger partial charge >= 0.3 is 5.97 Å². The van der Waals surface area contributed by atoms with Crippen LogP contribution in [0.2, 0.25) is 5.02 Å². The maximum atomic E-state index is 13.4. The average Bonchev–Trinajstić information content (AvgIpc) is 3.19. The fraction of sp³-hybridized carbons (Fsp3) is 0.200. The minimum absolute atomic E-state index is 0.291. The average molecular weight is 420 g/mol. The molecule has 0 spiro atoms. The van der Waals surface area contributed by atoms with Gasteiger partial charge in [-0.3, -0.25) is 4.79 Å². The number of amides is 1. The summed E-state index contributed by atoms with van der Waals surface area (Å²) >= 11 is 6.37. The molecule has 1 heterocycles. The lowest BCUT2D eigenvalue weighted by Crippen LogP contribution is -2.41. The van der Waals surface area contributed by atoms with Crippen LogP contribution < -0.4 is 0 Å². The van der Waals surface area contributed by atoms with Crippen LogP contribution in [0.1, 0.15) is 40.4 Å². The Morgan fingerprint density at radius 3 is 2.27 bits per heavy atom. The zero-order valence-corrected chi connectivity index (χ0v) is 17.3. The van der Waals surface area contributed by atoms with Crippen molar-refractivity contribution in [3.05, 3.63) is 94.5 Å². The zero-order valence-electron chi connectivity index (χ0n) is 16.6. The van der Waals surface area contributed by atoms with Gasteiger partial charge in [0, 0.05) is 10.6 Å². The molecule has 0 radical (unpaired) electrons. The number of aliphatic carboxylic acids is 1. The first-order valence-corrected chi connectivity index (χ1v) is 10.3. The first kappa shape index (κ1) is 20.2. The predicted molar refractivity (Wildman–Crippen MR) is 118 cm³/mol. The largest absolute Gasteiger partial charge is 0.480 e. The van der Waals surface area contributed by atoms with Crippen LogP contribution in [0.3, 0.4) is 0 Å². The first-order valence-electron chi connectivity index (χ1n) is 9.93. The molecule has 1 saturated heterocycles. The normalized spacial score (nSPS) is 18.4. The van der Waals surface area contributed by atoms with E-state index in [-0.39, 0.29) is 11.9 Å². The number of carbonyl (C=O) groups excluding carboxylic acids is 1. The smallest absolute Gasteiger partial charge is 0.326 e. The summed E-state index contributed by atoms with van der Waals surface area (Å²) in [5.74, 6) is -1.28. The Morgan fingerprint density at radius 2 is 1.60 bits per heavy atom. The number of likely N-dealkylation sites (tertiary alicyclic amines) is 1. The van der Waals surface area contributed by atoms with Crippen LogP contribution in [0.4, 0.5) is 0 Å². The number of carbonyl (C=O) groups is 2. The molecule has 3 aromatic rings. The molecule has 0 bridgehead atoms. The van der Waals surface area contributed by atoms with Gasteiger partial charge in [0.05, 0.1) is 6.04 Å². The second-order valence-electron chi connectivity index (χ2n) is 7.57. The third-order valence-electron chi connectivity index (χ3n) is 5.76. The Hall–Kier alpha value is -3.11. The van der Waals surface area contributed by atoms with Crippen LogP contribution in [0.15, 0.2) is 72.8 Å². The fourth-order valence-electron chi connectivity index (χ4n) is 4.23. The number of nitrogens with zero attached hydrogens (tertiary/aromatic N) is 1. The van der Waals surface area contributed by atoms with Crippen LogP contribution in [-0.2, 0) is 4.79 Å². The molecule has 1 N–H and O–H groups in total. The highest BCUT2D eigenvalue weighted by Crippen LogP contribution is 2.40. The maximum absolute atomic E-state index is 13.4. The summed E-state index contributed by atoms with van der Waals surface area (Å²) < 4.78 is 0. The molecule has 0 saturated carbocycles. The molecular weight excluding hydrogens is 398 g/mol. The van der Waals surface area contributed by atoms with Crippen LogP contribution in [0.25, 0.3) is 11.1 Å². The molecule has 0 aromatic heterocycles. The molecule has 1 fully saturated rings. The summed E-state index contributed by atoms with van der Waals surface area (Å²) in [7, 11) is 0. The van der Waals surface area contributed by atoms with E-state index in [4.69, 9.17) is 11.6 Å². The predicted octanol–water partition coefficient (Wildman–Crippen LogP) is 5.75. The van der Waals surface area contributed by atoms with Crippen molar-refractivity contribution < 1.29 is 14.7 Å². The quantitative estimate of drug-likeness (QED) is 0.586. The van der Waals surface area contributed by atoms with Crippen molar-refractivity contribution in [3.63, 3.8) is 0 Å². The Bertz CT molecular complexity index is 1090. The number of carboxylic acids is 1. The highest BCUT2D eigenvalue weighted by molar-refractivity contribution is 6.31. The van der Waals surface area contributed by atoms with Gasteiger partial charge < -0.3 is 10.0 Å². The Labute approximate surface area is 180 Å². The van der Waals surface area contributed by atoms with Crippen LogP contribution in [-0.4, -0.2) is 27.9 Å². The Balaban J connectivity index is 1.68. The van der Waals surface area contributed by atoms with Gasteiger partial charge in [0.15, 0.2) is 0 Å². The number of benzene rings is 3. The Morgan fingerprint density at radius 1 is 0.933 bits per heavy atom. The van der Waals surface area contributed by atoms with Crippen molar-refractivity contribution in [2.45, 2.75) is 31.8 Å². The van der Waals surface area contributed by atoms with E-state index in [1.54, 1.807) is 18.2 Å². The topological polar surface area (TPSA) is 57.6 Å². The van der Waals surface area contributed by atoms with E-state index in [1.807, 2.05) is 61.5 Å². The SMILES string of the molecule is Cc1ccccc1-c1ccc(C(=O)N2C(C(=O)O)CCC2c2ccccc2Cl)cc1. The number of carboxylic acid groups (broad SMARTS) is 1. The monoisotopic (exact) mass is 419 g/mol. The minimum Gasteiger partial charge on any atom is -0.480 e. The van der Waals surface area contributed by atoms with Crippen LogP contribution in [0, 0.1) is 6.92 Å². The van der Waals surface area contributed by atoms with E-state index < -0.39 is 12.0 Å². The zero-order chi connectivity index (χ0) is 21.3. The highest BCUT2D eigenvalue weighted by atomic mass is 35.5. The number of hydrogen-bond acceptors (Lipinski definition) is 2. The molecule has 4 nitrogen and oxygen atoms in total.